The number of ether oxygens (including phenoxy) is 1. The van der Waals surface area contributed by atoms with Crippen LogP contribution in [0.4, 0.5) is 20.2 Å². The second kappa shape index (κ2) is 10.6. The monoisotopic (exact) mass is 422 g/mol. The number of rotatable bonds is 8. The lowest BCUT2D eigenvalue weighted by atomic mass is 10.2. The third kappa shape index (κ3) is 7.53. The van der Waals surface area contributed by atoms with Gasteiger partial charge in [0.1, 0.15) is 16.9 Å². The minimum absolute atomic E-state index is 0.00321. The molecule has 0 bridgehead atoms. The van der Waals surface area contributed by atoms with Crippen molar-refractivity contribution in [2.24, 2.45) is 0 Å². The summed E-state index contributed by atoms with van der Waals surface area (Å²) in [6.45, 7) is 2.68. The first kappa shape index (κ1) is 22.4. The Morgan fingerprint density at radius 1 is 1.03 bits per heavy atom. The van der Waals surface area contributed by atoms with E-state index in [0.717, 1.165) is 11.8 Å². The molecule has 2 aromatic rings. The number of esters is 1. The van der Waals surface area contributed by atoms with Crippen molar-refractivity contribution >= 4 is 40.9 Å². The molecule has 0 saturated carbocycles. The summed E-state index contributed by atoms with van der Waals surface area (Å²) in [5, 5.41) is 4.20. The highest BCUT2D eigenvalue weighted by atomic mass is 32.2. The first-order valence-electron chi connectivity index (χ1n) is 8.64. The molecule has 0 aliphatic carbocycles. The summed E-state index contributed by atoms with van der Waals surface area (Å²) in [5.74, 6) is -2.75. The molecule has 0 aromatic heterocycles. The van der Waals surface area contributed by atoms with Crippen LogP contribution in [0.3, 0.4) is 0 Å². The van der Waals surface area contributed by atoms with Crippen LogP contribution in [0.5, 0.6) is 0 Å². The lowest BCUT2D eigenvalue weighted by Gasteiger charge is -2.12. The second-order valence-electron chi connectivity index (χ2n) is 6.15. The number of anilines is 2. The standard InChI is InChI=1S/C20H20F2N2O4S/c1-12-3-8-17(16(22)9-12)24-18(25)10-28-20(27)13(2)29-11-19(26)23-15-6-4-14(21)5-7-15/h3-9,13H,10-11H2,1-2H3,(H,23,26)(H,24,25). The van der Waals surface area contributed by atoms with Gasteiger partial charge in [-0.15, -0.1) is 11.8 Å². The normalized spacial score (nSPS) is 11.4. The van der Waals surface area contributed by atoms with Crippen molar-refractivity contribution in [3.63, 3.8) is 0 Å². The van der Waals surface area contributed by atoms with Gasteiger partial charge in [-0.2, -0.15) is 0 Å². The molecule has 9 heteroatoms. The first-order valence-corrected chi connectivity index (χ1v) is 9.69. The molecule has 0 fully saturated rings. The number of benzene rings is 2. The molecule has 0 heterocycles. The van der Waals surface area contributed by atoms with Gasteiger partial charge in [0, 0.05) is 5.69 Å². The number of thioether (sulfide) groups is 1. The minimum atomic E-state index is -0.696. The fourth-order valence-corrected chi connectivity index (χ4v) is 2.84. The molecule has 29 heavy (non-hydrogen) atoms. The fraction of sp³-hybridized carbons (Fsp3) is 0.250. The Morgan fingerprint density at radius 2 is 1.72 bits per heavy atom. The van der Waals surface area contributed by atoms with Crippen LogP contribution in [0.15, 0.2) is 42.5 Å². The molecule has 0 aliphatic rings. The number of hydrogen-bond donors (Lipinski definition) is 2. The average molecular weight is 422 g/mol. The van der Waals surface area contributed by atoms with E-state index < -0.39 is 35.4 Å². The lowest BCUT2D eigenvalue weighted by molar-refractivity contribution is -0.146. The minimum Gasteiger partial charge on any atom is -0.455 e. The molecule has 6 nitrogen and oxygen atoms in total. The van der Waals surface area contributed by atoms with Gasteiger partial charge in [0.2, 0.25) is 5.91 Å². The van der Waals surface area contributed by atoms with E-state index in [1.54, 1.807) is 13.0 Å². The van der Waals surface area contributed by atoms with Gasteiger partial charge in [-0.1, -0.05) is 6.07 Å². The van der Waals surface area contributed by atoms with Crippen LogP contribution in [0.2, 0.25) is 0 Å². The van der Waals surface area contributed by atoms with Gasteiger partial charge in [0.15, 0.2) is 6.61 Å². The number of carbonyl (C=O) groups excluding carboxylic acids is 3. The molecule has 0 spiro atoms. The third-order valence-corrected chi connectivity index (χ3v) is 4.79. The van der Waals surface area contributed by atoms with Crippen LogP contribution in [-0.4, -0.2) is 35.4 Å². The number of hydrogen-bond acceptors (Lipinski definition) is 5. The molecule has 1 unspecified atom stereocenters. The highest BCUT2D eigenvalue weighted by Gasteiger charge is 2.18. The van der Waals surface area contributed by atoms with Gasteiger partial charge in [0.05, 0.1) is 11.4 Å². The summed E-state index contributed by atoms with van der Waals surface area (Å²) in [5.41, 5.74) is 1.14. The Balaban J connectivity index is 1.71. The highest BCUT2D eigenvalue weighted by molar-refractivity contribution is 8.01. The lowest BCUT2D eigenvalue weighted by Crippen LogP contribution is -2.26. The van der Waals surface area contributed by atoms with Crippen LogP contribution in [0.1, 0.15) is 12.5 Å². The van der Waals surface area contributed by atoms with Crippen molar-refractivity contribution in [3.8, 4) is 0 Å². The molecule has 0 aliphatic heterocycles. The highest BCUT2D eigenvalue weighted by Crippen LogP contribution is 2.16. The maximum atomic E-state index is 13.7. The smallest absolute Gasteiger partial charge is 0.319 e. The number of nitrogens with one attached hydrogen (secondary N) is 2. The maximum absolute atomic E-state index is 13.7. The molecule has 2 rings (SSSR count). The van der Waals surface area contributed by atoms with E-state index in [1.807, 2.05) is 0 Å². The zero-order valence-electron chi connectivity index (χ0n) is 15.8. The van der Waals surface area contributed by atoms with Crippen molar-refractivity contribution in [2.45, 2.75) is 19.1 Å². The Bertz CT molecular complexity index is 891. The predicted octanol–water partition coefficient (Wildman–Crippen LogP) is 3.52. The quantitative estimate of drug-likeness (QED) is 0.636. The van der Waals surface area contributed by atoms with Gasteiger partial charge in [-0.3, -0.25) is 14.4 Å². The van der Waals surface area contributed by atoms with Crippen LogP contribution < -0.4 is 10.6 Å². The van der Waals surface area contributed by atoms with Crippen LogP contribution in [0.25, 0.3) is 0 Å². The average Bonchev–Trinajstić information content (AvgIpc) is 2.68. The van der Waals surface area contributed by atoms with Crippen molar-refractivity contribution in [3.05, 3.63) is 59.7 Å². The summed E-state index contributed by atoms with van der Waals surface area (Å²) in [4.78, 5) is 35.6. The SMILES string of the molecule is Cc1ccc(NC(=O)COC(=O)C(C)SCC(=O)Nc2ccc(F)cc2)c(F)c1. The fourth-order valence-electron chi connectivity index (χ4n) is 2.16. The Hall–Kier alpha value is -2.94. The van der Waals surface area contributed by atoms with E-state index in [4.69, 9.17) is 4.74 Å². The van der Waals surface area contributed by atoms with E-state index in [2.05, 4.69) is 10.6 Å². The Kier molecular flexibility index (Phi) is 8.14. The van der Waals surface area contributed by atoms with E-state index in [1.165, 1.54) is 43.3 Å². The molecule has 1 atom stereocenters. The van der Waals surface area contributed by atoms with E-state index in [0.29, 0.717) is 11.3 Å². The van der Waals surface area contributed by atoms with Crippen molar-refractivity contribution in [1.29, 1.82) is 0 Å². The van der Waals surface area contributed by atoms with E-state index in [9.17, 15) is 23.2 Å². The second-order valence-corrected chi connectivity index (χ2v) is 7.48. The summed E-state index contributed by atoms with van der Waals surface area (Å²) in [7, 11) is 0. The van der Waals surface area contributed by atoms with Crippen molar-refractivity contribution in [2.75, 3.05) is 23.0 Å². The van der Waals surface area contributed by atoms with Gasteiger partial charge < -0.3 is 15.4 Å². The number of amides is 2. The topological polar surface area (TPSA) is 84.5 Å². The van der Waals surface area contributed by atoms with Crippen LogP contribution in [-0.2, 0) is 19.1 Å². The van der Waals surface area contributed by atoms with E-state index >= 15 is 0 Å². The van der Waals surface area contributed by atoms with Gasteiger partial charge in [-0.05, 0) is 55.8 Å². The summed E-state index contributed by atoms with van der Waals surface area (Å²) < 4.78 is 31.4. The maximum Gasteiger partial charge on any atom is 0.319 e. The number of carbonyl (C=O) groups is 3. The van der Waals surface area contributed by atoms with Crippen molar-refractivity contribution < 1.29 is 27.9 Å². The Morgan fingerprint density at radius 3 is 2.38 bits per heavy atom. The number of aryl methyl sites for hydroxylation is 1. The van der Waals surface area contributed by atoms with Crippen molar-refractivity contribution in [1.82, 2.24) is 0 Å². The van der Waals surface area contributed by atoms with Crippen LogP contribution >= 0.6 is 11.8 Å². The number of halogens is 2. The Labute approximate surface area is 171 Å². The molecule has 154 valence electrons. The molecule has 0 saturated heterocycles. The molecular weight excluding hydrogens is 402 g/mol. The molecule has 2 amide bonds. The first-order chi connectivity index (χ1) is 13.7. The molecular formula is C20H20F2N2O4S. The zero-order valence-corrected chi connectivity index (χ0v) is 16.6. The predicted molar refractivity (Wildman–Crippen MR) is 108 cm³/mol. The molecule has 2 N–H and O–H groups in total. The summed E-state index contributed by atoms with van der Waals surface area (Å²) >= 11 is 1.02. The summed E-state index contributed by atoms with van der Waals surface area (Å²) in [6, 6.07) is 9.61. The van der Waals surface area contributed by atoms with E-state index in [-0.39, 0.29) is 17.3 Å². The summed E-state index contributed by atoms with van der Waals surface area (Å²) in [6.07, 6.45) is 0. The third-order valence-electron chi connectivity index (χ3n) is 3.67. The van der Waals surface area contributed by atoms with Crippen LogP contribution in [0, 0.1) is 18.6 Å². The molecule has 2 aromatic carbocycles. The van der Waals surface area contributed by atoms with Gasteiger partial charge >= 0.3 is 5.97 Å². The molecule has 0 radical (unpaired) electrons. The van der Waals surface area contributed by atoms with Gasteiger partial charge in [-0.25, -0.2) is 8.78 Å². The van der Waals surface area contributed by atoms with Gasteiger partial charge in [0.25, 0.3) is 5.91 Å². The zero-order chi connectivity index (χ0) is 21.4. The largest absolute Gasteiger partial charge is 0.455 e.